The summed E-state index contributed by atoms with van der Waals surface area (Å²) in [6.07, 6.45) is 0. The quantitative estimate of drug-likeness (QED) is 0.817. The molecule has 0 aliphatic rings. The first kappa shape index (κ1) is 15.7. The monoisotopic (exact) mass is 354 g/mol. The van der Waals surface area contributed by atoms with Crippen LogP contribution >= 0.6 is 35.0 Å². The third-order valence-electron chi connectivity index (χ3n) is 2.17. The molecule has 1 aromatic rings. The van der Waals surface area contributed by atoms with Crippen molar-refractivity contribution in [1.82, 2.24) is 5.32 Å². The number of nitrogens with two attached hydrogens (primary N) is 1. The molecule has 0 unspecified atom stereocenters. The molecule has 0 bridgehead atoms. The van der Waals surface area contributed by atoms with Crippen molar-refractivity contribution in [1.29, 1.82) is 0 Å². The zero-order chi connectivity index (χ0) is 11.4. The third kappa shape index (κ3) is 4.27. The Morgan fingerprint density at radius 3 is 2.69 bits per heavy atom. The highest BCUT2D eigenvalue weighted by Gasteiger charge is 2.09. The molecule has 0 heterocycles. The molecular formula is C11H16ClIN2O. The molecular weight excluding hydrogens is 338 g/mol. The maximum Gasteiger partial charge on any atom is 0.251 e. The van der Waals surface area contributed by atoms with Crippen LogP contribution in [0.2, 0.25) is 0 Å². The van der Waals surface area contributed by atoms with Gasteiger partial charge in [-0.15, -0.1) is 12.4 Å². The van der Waals surface area contributed by atoms with Gasteiger partial charge in [0.15, 0.2) is 0 Å². The van der Waals surface area contributed by atoms with Crippen molar-refractivity contribution >= 4 is 40.9 Å². The molecule has 3 nitrogen and oxygen atoms in total. The summed E-state index contributed by atoms with van der Waals surface area (Å²) in [5.41, 5.74) is 7.30. The molecule has 0 saturated heterocycles. The lowest BCUT2D eigenvalue weighted by molar-refractivity contribution is 0.0941. The Labute approximate surface area is 116 Å². The van der Waals surface area contributed by atoms with Gasteiger partial charge in [-0.2, -0.15) is 0 Å². The van der Waals surface area contributed by atoms with Crippen LogP contribution in [0.5, 0.6) is 0 Å². The summed E-state index contributed by atoms with van der Waals surface area (Å²) >= 11 is 2.22. The Balaban J connectivity index is 0.00000225. The van der Waals surface area contributed by atoms with E-state index in [1.54, 1.807) is 0 Å². The first-order valence-electron chi connectivity index (χ1n) is 4.81. The Morgan fingerprint density at radius 1 is 1.56 bits per heavy atom. The largest absolute Gasteiger partial charge is 0.348 e. The number of halogens is 2. The predicted molar refractivity (Wildman–Crippen MR) is 77.1 cm³/mol. The molecule has 0 spiro atoms. The van der Waals surface area contributed by atoms with Crippen molar-refractivity contribution in [2.24, 2.45) is 5.73 Å². The van der Waals surface area contributed by atoms with E-state index in [9.17, 15) is 4.79 Å². The van der Waals surface area contributed by atoms with Crippen molar-refractivity contribution in [2.75, 3.05) is 6.54 Å². The van der Waals surface area contributed by atoms with Crippen LogP contribution in [0.3, 0.4) is 0 Å². The Kier molecular flexibility index (Phi) is 6.94. The first-order valence-corrected chi connectivity index (χ1v) is 5.89. The summed E-state index contributed by atoms with van der Waals surface area (Å²) in [4.78, 5) is 11.7. The van der Waals surface area contributed by atoms with Crippen molar-refractivity contribution in [3.63, 3.8) is 0 Å². The third-order valence-corrected chi connectivity index (χ3v) is 3.33. The standard InChI is InChI=1S/C11H15IN2O.ClH/c1-7-3-4-9(5-10(7)12)11(15)14-8(2)6-13;/h3-5,8H,6,13H2,1-2H3,(H,14,15);1H/t8-;/m1./s1. The highest BCUT2D eigenvalue weighted by molar-refractivity contribution is 14.1. The molecule has 0 radical (unpaired) electrons. The summed E-state index contributed by atoms with van der Waals surface area (Å²) in [5, 5.41) is 2.83. The van der Waals surface area contributed by atoms with E-state index in [0.717, 1.165) is 3.57 Å². The van der Waals surface area contributed by atoms with Gasteiger partial charge in [-0.1, -0.05) is 6.07 Å². The van der Waals surface area contributed by atoms with Crippen molar-refractivity contribution < 1.29 is 4.79 Å². The van der Waals surface area contributed by atoms with E-state index in [1.807, 2.05) is 32.0 Å². The van der Waals surface area contributed by atoms with Crippen LogP contribution in [0.25, 0.3) is 0 Å². The summed E-state index contributed by atoms with van der Waals surface area (Å²) < 4.78 is 1.10. The lowest BCUT2D eigenvalue weighted by Gasteiger charge is -2.11. The maximum absolute atomic E-state index is 11.7. The Morgan fingerprint density at radius 2 is 2.19 bits per heavy atom. The number of carbonyl (C=O) groups excluding carboxylic acids is 1. The summed E-state index contributed by atoms with van der Waals surface area (Å²) in [6.45, 7) is 4.36. The van der Waals surface area contributed by atoms with Crippen LogP contribution in [0.1, 0.15) is 22.8 Å². The van der Waals surface area contributed by atoms with Gasteiger partial charge < -0.3 is 11.1 Å². The molecule has 0 aromatic heterocycles. The van der Waals surface area contributed by atoms with E-state index in [2.05, 4.69) is 27.9 Å². The van der Waals surface area contributed by atoms with Gasteiger partial charge in [0, 0.05) is 21.7 Å². The first-order chi connectivity index (χ1) is 7.04. The van der Waals surface area contributed by atoms with Gasteiger partial charge in [-0.05, 0) is 54.1 Å². The average molecular weight is 355 g/mol. The van der Waals surface area contributed by atoms with Gasteiger partial charge in [0.25, 0.3) is 5.91 Å². The van der Waals surface area contributed by atoms with E-state index in [1.165, 1.54) is 5.56 Å². The van der Waals surface area contributed by atoms with Crippen LogP contribution in [-0.4, -0.2) is 18.5 Å². The molecule has 0 saturated carbocycles. The fraction of sp³-hybridized carbons (Fsp3) is 0.364. The second-order valence-electron chi connectivity index (χ2n) is 3.57. The van der Waals surface area contributed by atoms with E-state index in [-0.39, 0.29) is 24.4 Å². The molecule has 90 valence electrons. The molecule has 16 heavy (non-hydrogen) atoms. The molecule has 0 fully saturated rings. The van der Waals surface area contributed by atoms with Gasteiger partial charge in [-0.25, -0.2) is 0 Å². The molecule has 0 aliphatic heterocycles. The zero-order valence-corrected chi connectivity index (χ0v) is 12.3. The van der Waals surface area contributed by atoms with Crippen LogP contribution in [0.15, 0.2) is 18.2 Å². The molecule has 1 amide bonds. The fourth-order valence-electron chi connectivity index (χ4n) is 1.10. The van der Waals surface area contributed by atoms with E-state index >= 15 is 0 Å². The number of benzene rings is 1. The molecule has 1 rings (SSSR count). The van der Waals surface area contributed by atoms with Gasteiger partial charge in [0.05, 0.1) is 0 Å². The van der Waals surface area contributed by atoms with Crippen LogP contribution in [0, 0.1) is 10.5 Å². The molecule has 3 N–H and O–H groups in total. The topological polar surface area (TPSA) is 55.1 Å². The number of carbonyl (C=O) groups is 1. The second kappa shape index (κ2) is 7.09. The average Bonchev–Trinajstić information content (AvgIpc) is 2.21. The number of rotatable bonds is 3. The molecule has 1 atom stereocenters. The smallest absolute Gasteiger partial charge is 0.251 e. The molecule has 0 aliphatic carbocycles. The van der Waals surface area contributed by atoms with Crippen molar-refractivity contribution in [3.05, 3.63) is 32.9 Å². The predicted octanol–water partition coefficient (Wildman–Crippen LogP) is 2.10. The van der Waals surface area contributed by atoms with Crippen molar-refractivity contribution in [2.45, 2.75) is 19.9 Å². The number of hydrogen-bond donors (Lipinski definition) is 2. The second-order valence-corrected chi connectivity index (χ2v) is 4.74. The number of hydrogen-bond acceptors (Lipinski definition) is 2. The number of amides is 1. The van der Waals surface area contributed by atoms with Gasteiger partial charge >= 0.3 is 0 Å². The van der Waals surface area contributed by atoms with Crippen molar-refractivity contribution in [3.8, 4) is 0 Å². The van der Waals surface area contributed by atoms with E-state index < -0.39 is 0 Å². The van der Waals surface area contributed by atoms with Gasteiger partial charge in [-0.3, -0.25) is 4.79 Å². The Bertz CT molecular complexity index is 371. The number of nitrogens with one attached hydrogen (secondary N) is 1. The van der Waals surface area contributed by atoms with Crippen LogP contribution < -0.4 is 11.1 Å². The van der Waals surface area contributed by atoms with Crippen LogP contribution in [-0.2, 0) is 0 Å². The SMILES string of the molecule is Cc1ccc(C(=O)N[C@H](C)CN)cc1I.Cl. The van der Waals surface area contributed by atoms with Gasteiger partial charge in [0.2, 0.25) is 0 Å². The lowest BCUT2D eigenvalue weighted by Crippen LogP contribution is -2.37. The summed E-state index contributed by atoms with van der Waals surface area (Å²) in [7, 11) is 0. The maximum atomic E-state index is 11.7. The zero-order valence-electron chi connectivity index (χ0n) is 9.29. The summed E-state index contributed by atoms with van der Waals surface area (Å²) in [6, 6.07) is 5.67. The minimum absolute atomic E-state index is 0. The molecule has 5 heteroatoms. The lowest BCUT2D eigenvalue weighted by atomic mass is 10.1. The highest BCUT2D eigenvalue weighted by atomic mass is 127. The van der Waals surface area contributed by atoms with Gasteiger partial charge in [0.1, 0.15) is 0 Å². The number of aryl methyl sites for hydroxylation is 1. The fourth-order valence-corrected chi connectivity index (χ4v) is 1.62. The normalized spacial score (nSPS) is 11.5. The minimum Gasteiger partial charge on any atom is -0.348 e. The molecule has 1 aromatic carbocycles. The van der Waals surface area contributed by atoms with E-state index in [0.29, 0.717) is 12.1 Å². The highest BCUT2D eigenvalue weighted by Crippen LogP contribution is 2.13. The Hall–Kier alpha value is -0.330. The van der Waals surface area contributed by atoms with Crippen LogP contribution in [0.4, 0.5) is 0 Å². The summed E-state index contributed by atoms with van der Waals surface area (Å²) in [5.74, 6) is -0.0640. The minimum atomic E-state index is -0.0640. The van der Waals surface area contributed by atoms with E-state index in [4.69, 9.17) is 5.73 Å².